The fourth-order valence-electron chi connectivity index (χ4n) is 2.73. The molecule has 0 saturated carbocycles. The van der Waals surface area contributed by atoms with E-state index in [1.54, 1.807) is 13.0 Å². The Bertz CT molecular complexity index is 962. The van der Waals surface area contributed by atoms with Gasteiger partial charge in [-0.1, -0.05) is 23.7 Å². The highest BCUT2D eigenvalue weighted by molar-refractivity contribution is 14.1. The summed E-state index contributed by atoms with van der Waals surface area (Å²) < 4.78 is 12.6. The molecule has 1 heterocycles. The lowest BCUT2D eigenvalue weighted by atomic mass is 10.1. The van der Waals surface area contributed by atoms with Crippen molar-refractivity contribution in [2.24, 2.45) is 0 Å². The number of nitrogens with zero attached hydrogens (tertiary/aromatic N) is 1. The number of carbonyl (C=O) groups is 2. The molecule has 0 unspecified atom stereocenters. The molecule has 2 aromatic carbocycles. The maximum atomic E-state index is 12.3. The Balaban J connectivity index is 1.86. The summed E-state index contributed by atoms with van der Waals surface area (Å²) in [5, 5.41) is 0.432. The van der Waals surface area contributed by atoms with Crippen LogP contribution in [0.2, 0.25) is 5.02 Å². The Labute approximate surface area is 192 Å². The van der Waals surface area contributed by atoms with Crippen molar-refractivity contribution in [3.63, 3.8) is 0 Å². The topological polar surface area (TPSA) is 55.8 Å². The standard InChI is InChI=1S/C21H19ClINO4S/c1-3-24-20(25)18(29-21(24)26)11-14-9-16(23)19(17(10-14)27-4-2)28-12-13-5-7-15(22)8-6-13/h5-11H,3-4,12H2,1-2H3/b18-11+. The third-order valence-corrected chi connectivity index (χ3v) is 6.08. The molecule has 8 heteroatoms. The number of carbonyl (C=O) groups excluding carboxylic acids is 2. The second kappa shape index (κ2) is 9.86. The van der Waals surface area contributed by atoms with Crippen molar-refractivity contribution in [2.45, 2.75) is 20.5 Å². The average Bonchev–Trinajstić information content (AvgIpc) is 2.95. The SMILES string of the molecule is CCOc1cc(/C=C2/SC(=O)N(CC)C2=O)cc(I)c1OCc1ccc(Cl)cc1. The van der Waals surface area contributed by atoms with Gasteiger partial charge in [-0.15, -0.1) is 0 Å². The molecule has 1 fully saturated rings. The van der Waals surface area contributed by atoms with Gasteiger partial charge in [0.1, 0.15) is 6.61 Å². The van der Waals surface area contributed by atoms with Crippen molar-refractivity contribution < 1.29 is 19.1 Å². The maximum Gasteiger partial charge on any atom is 0.293 e. The van der Waals surface area contributed by atoms with Crippen LogP contribution in [0.1, 0.15) is 25.0 Å². The molecule has 152 valence electrons. The first-order chi connectivity index (χ1) is 13.9. The van der Waals surface area contributed by atoms with Gasteiger partial charge in [0, 0.05) is 11.6 Å². The summed E-state index contributed by atoms with van der Waals surface area (Å²) in [6, 6.07) is 11.2. The van der Waals surface area contributed by atoms with Gasteiger partial charge in [-0.05, 0) is 89.7 Å². The number of hydrogen-bond acceptors (Lipinski definition) is 5. The summed E-state index contributed by atoms with van der Waals surface area (Å²) >= 11 is 9.06. The van der Waals surface area contributed by atoms with Crippen LogP contribution in [0, 0.1) is 3.57 Å². The van der Waals surface area contributed by atoms with E-state index in [9.17, 15) is 9.59 Å². The number of ether oxygens (including phenoxy) is 2. The Hall–Kier alpha value is -1.71. The van der Waals surface area contributed by atoms with Crippen molar-refractivity contribution in [3.8, 4) is 11.5 Å². The molecule has 0 radical (unpaired) electrons. The summed E-state index contributed by atoms with van der Waals surface area (Å²) in [6.45, 7) is 4.89. The predicted octanol–water partition coefficient (Wildman–Crippen LogP) is 5.98. The van der Waals surface area contributed by atoms with E-state index < -0.39 is 0 Å². The van der Waals surface area contributed by atoms with E-state index in [1.807, 2.05) is 43.3 Å². The van der Waals surface area contributed by atoms with Crippen LogP contribution < -0.4 is 9.47 Å². The van der Waals surface area contributed by atoms with Gasteiger partial charge in [0.2, 0.25) is 0 Å². The normalized spacial score (nSPS) is 15.3. The van der Waals surface area contributed by atoms with Gasteiger partial charge >= 0.3 is 0 Å². The maximum absolute atomic E-state index is 12.3. The average molecular weight is 544 g/mol. The van der Waals surface area contributed by atoms with E-state index in [-0.39, 0.29) is 11.1 Å². The van der Waals surface area contributed by atoms with Gasteiger partial charge < -0.3 is 9.47 Å². The minimum atomic E-state index is -0.265. The Kier molecular flexibility index (Phi) is 7.48. The van der Waals surface area contributed by atoms with Crippen LogP contribution in [0.4, 0.5) is 4.79 Å². The van der Waals surface area contributed by atoms with E-state index in [1.165, 1.54) is 4.90 Å². The molecule has 0 atom stereocenters. The van der Waals surface area contributed by atoms with E-state index >= 15 is 0 Å². The monoisotopic (exact) mass is 543 g/mol. The lowest BCUT2D eigenvalue weighted by Crippen LogP contribution is -2.27. The highest BCUT2D eigenvalue weighted by Gasteiger charge is 2.33. The van der Waals surface area contributed by atoms with E-state index in [0.29, 0.717) is 41.2 Å². The minimum Gasteiger partial charge on any atom is -0.490 e. The predicted molar refractivity (Wildman–Crippen MR) is 124 cm³/mol. The number of hydrogen-bond donors (Lipinski definition) is 0. The Morgan fingerprint density at radius 1 is 1.14 bits per heavy atom. The smallest absolute Gasteiger partial charge is 0.293 e. The molecule has 29 heavy (non-hydrogen) atoms. The first-order valence-corrected chi connectivity index (χ1v) is 11.3. The Morgan fingerprint density at radius 2 is 1.86 bits per heavy atom. The molecule has 0 bridgehead atoms. The highest BCUT2D eigenvalue weighted by atomic mass is 127. The first kappa shape index (κ1) is 22.0. The second-order valence-corrected chi connectivity index (χ2v) is 8.70. The molecule has 1 aliphatic heterocycles. The number of halogens is 2. The minimum absolute atomic E-state index is 0.244. The zero-order chi connectivity index (χ0) is 21.0. The molecule has 1 saturated heterocycles. The van der Waals surface area contributed by atoms with Crippen molar-refractivity contribution in [2.75, 3.05) is 13.2 Å². The van der Waals surface area contributed by atoms with Gasteiger partial charge in [-0.3, -0.25) is 14.5 Å². The van der Waals surface area contributed by atoms with Crippen LogP contribution in [-0.4, -0.2) is 29.2 Å². The number of amides is 2. The van der Waals surface area contributed by atoms with E-state index in [2.05, 4.69) is 22.6 Å². The van der Waals surface area contributed by atoms with Gasteiger partial charge in [0.05, 0.1) is 15.1 Å². The zero-order valence-corrected chi connectivity index (χ0v) is 19.6. The van der Waals surface area contributed by atoms with Gasteiger partial charge in [0.15, 0.2) is 11.5 Å². The third kappa shape index (κ3) is 5.26. The van der Waals surface area contributed by atoms with Gasteiger partial charge in [-0.2, -0.15) is 0 Å². The molecule has 2 aromatic rings. The van der Waals surface area contributed by atoms with Crippen LogP contribution in [-0.2, 0) is 11.4 Å². The fraction of sp³-hybridized carbons (Fsp3) is 0.238. The largest absolute Gasteiger partial charge is 0.490 e. The van der Waals surface area contributed by atoms with E-state index in [4.69, 9.17) is 21.1 Å². The molecule has 0 aromatic heterocycles. The molecule has 0 aliphatic carbocycles. The summed E-state index contributed by atoms with van der Waals surface area (Å²) in [5.41, 5.74) is 1.77. The highest BCUT2D eigenvalue weighted by Crippen LogP contribution is 2.37. The van der Waals surface area contributed by atoms with Crippen LogP contribution in [0.25, 0.3) is 6.08 Å². The molecular weight excluding hydrogens is 525 g/mol. The second-order valence-electron chi connectivity index (χ2n) is 6.10. The van der Waals surface area contributed by atoms with Crippen LogP contribution >= 0.6 is 46.0 Å². The lowest BCUT2D eigenvalue weighted by Gasteiger charge is -2.15. The number of likely N-dealkylation sites (N-methyl/N-ethyl adjacent to an activating group) is 1. The summed E-state index contributed by atoms with van der Waals surface area (Å²) in [7, 11) is 0. The summed E-state index contributed by atoms with van der Waals surface area (Å²) in [6.07, 6.45) is 1.72. The summed E-state index contributed by atoms with van der Waals surface area (Å²) in [4.78, 5) is 25.9. The fourth-order valence-corrected chi connectivity index (χ4v) is 4.54. The molecular formula is C21H19ClINO4S. The third-order valence-electron chi connectivity index (χ3n) is 4.12. The molecule has 0 N–H and O–H groups in total. The molecule has 0 spiro atoms. The van der Waals surface area contributed by atoms with Gasteiger partial charge in [0.25, 0.3) is 11.1 Å². The molecule has 2 amide bonds. The van der Waals surface area contributed by atoms with Crippen molar-refractivity contribution in [3.05, 3.63) is 61.0 Å². The molecule has 3 rings (SSSR count). The lowest BCUT2D eigenvalue weighted by molar-refractivity contribution is -0.122. The molecule has 1 aliphatic rings. The first-order valence-electron chi connectivity index (χ1n) is 9.01. The number of thioether (sulfide) groups is 1. The number of rotatable bonds is 7. The summed E-state index contributed by atoms with van der Waals surface area (Å²) in [5.74, 6) is 0.967. The number of imide groups is 1. The van der Waals surface area contributed by atoms with Crippen molar-refractivity contribution in [1.29, 1.82) is 0 Å². The van der Waals surface area contributed by atoms with Crippen molar-refractivity contribution >= 4 is 63.2 Å². The molecule has 5 nitrogen and oxygen atoms in total. The Morgan fingerprint density at radius 3 is 2.48 bits per heavy atom. The quantitative estimate of drug-likeness (QED) is 0.318. The van der Waals surface area contributed by atoms with E-state index in [0.717, 1.165) is 26.5 Å². The zero-order valence-electron chi connectivity index (χ0n) is 15.9. The van der Waals surface area contributed by atoms with Gasteiger partial charge in [-0.25, -0.2) is 0 Å². The number of benzene rings is 2. The van der Waals surface area contributed by atoms with Crippen molar-refractivity contribution in [1.82, 2.24) is 4.90 Å². The van der Waals surface area contributed by atoms with Crippen LogP contribution in [0.15, 0.2) is 41.3 Å². The van der Waals surface area contributed by atoms with Crippen LogP contribution in [0.3, 0.4) is 0 Å². The van der Waals surface area contributed by atoms with Crippen LogP contribution in [0.5, 0.6) is 11.5 Å².